The lowest BCUT2D eigenvalue weighted by atomic mass is 9.74. The summed E-state index contributed by atoms with van der Waals surface area (Å²) in [5.41, 5.74) is -0.597. The summed E-state index contributed by atoms with van der Waals surface area (Å²) in [6.07, 6.45) is 1.60. The van der Waals surface area contributed by atoms with E-state index in [2.05, 4.69) is 10.6 Å². The van der Waals surface area contributed by atoms with Gasteiger partial charge in [0.1, 0.15) is 11.8 Å². The number of amides is 1. The molecule has 1 aliphatic heterocycles. The van der Waals surface area contributed by atoms with Crippen LogP contribution in [0.5, 0.6) is 0 Å². The fourth-order valence-electron chi connectivity index (χ4n) is 3.31. The van der Waals surface area contributed by atoms with Gasteiger partial charge in [-0.2, -0.15) is 0 Å². The average Bonchev–Trinajstić information content (AvgIpc) is 2.53. The third-order valence-electron chi connectivity index (χ3n) is 4.15. The average molecular weight is 272 g/mol. The molecule has 2 N–H and O–H groups in total. The fraction of sp³-hybridized carbons (Fsp3) is 0.929. The number of nitrogens with one attached hydrogen (secondary N) is 2. The Balaban J connectivity index is 1.99. The molecule has 2 aliphatic rings. The molecule has 1 amide bonds. The van der Waals surface area contributed by atoms with Crippen LogP contribution in [0.4, 0.5) is 9.18 Å². The summed E-state index contributed by atoms with van der Waals surface area (Å²) in [7, 11) is 0. The van der Waals surface area contributed by atoms with E-state index in [1.54, 1.807) is 0 Å². The molecule has 2 fully saturated rings. The molecule has 0 radical (unpaired) electrons. The van der Waals surface area contributed by atoms with E-state index in [1.807, 2.05) is 20.8 Å². The smallest absolute Gasteiger partial charge is 0.407 e. The van der Waals surface area contributed by atoms with Crippen LogP contribution < -0.4 is 10.6 Å². The van der Waals surface area contributed by atoms with Gasteiger partial charge in [-0.15, -0.1) is 0 Å². The van der Waals surface area contributed by atoms with Gasteiger partial charge in [-0.1, -0.05) is 0 Å². The molecular weight excluding hydrogens is 247 g/mol. The molecule has 4 nitrogen and oxygen atoms in total. The number of piperidine rings is 1. The van der Waals surface area contributed by atoms with Crippen LogP contribution in [0.2, 0.25) is 0 Å². The number of ether oxygens (including phenoxy) is 1. The zero-order valence-electron chi connectivity index (χ0n) is 12.1. The number of halogens is 1. The summed E-state index contributed by atoms with van der Waals surface area (Å²) >= 11 is 0. The van der Waals surface area contributed by atoms with Gasteiger partial charge in [-0.3, -0.25) is 0 Å². The highest BCUT2D eigenvalue weighted by atomic mass is 19.1. The molecule has 0 aromatic rings. The van der Waals surface area contributed by atoms with E-state index in [0.717, 1.165) is 25.9 Å². The Labute approximate surface area is 114 Å². The number of carbonyl (C=O) groups excluding carboxylic acids is 1. The molecular formula is C14H25FN2O2. The van der Waals surface area contributed by atoms with Crippen molar-refractivity contribution in [1.29, 1.82) is 0 Å². The van der Waals surface area contributed by atoms with Gasteiger partial charge < -0.3 is 15.4 Å². The molecule has 5 heteroatoms. The second-order valence-electron chi connectivity index (χ2n) is 6.85. The van der Waals surface area contributed by atoms with E-state index in [0.29, 0.717) is 12.8 Å². The molecule has 110 valence electrons. The standard InChI is InChI=1S/C14H25FN2O2/c1-13(2,3)19-12(18)17-11-8-10(15)9-14(11)4-6-16-7-5-14/h10-11,16H,4-9H2,1-3H3,(H,17,18)/t10-,11-/m0/s1. The van der Waals surface area contributed by atoms with E-state index >= 15 is 0 Å². The fourth-order valence-corrected chi connectivity index (χ4v) is 3.31. The first-order valence-electron chi connectivity index (χ1n) is 7.15. The maximum atomic E-state index is 13.8. The second-order valence-corrected chi connectivity index (χ2v) is 6.85. The van der Waals surface area contributed by atoms with Crippen LogP contribution in [-0.4, -0.2) is 37.0 Å². The SMILES string of the molecule is CC(C)(C)OC(=O)N[C@H]1C[C@H](F)CC12CCNCC2. The molecule has 0 bridgehead atoms. The predicted molar refractivity (Wildman–Crippen MR) is 71.8 cm³/mol. The molecule has 2 rings (SSSR count). The van der Waals surface area contributed by atoms with Crippen molar-refractivity contribution < 1.29 is 13.9 Å². The molecule has 0 unspecified atom stereocenters. The van der Waals surface area contributed by atoms with Crippen LogP contribution in [0.1, 0.15) is 46.5 Å². The van der Waals surface area contributed by atoms with Crippen molar-refractivity contribution in [2.24, 2.45) is 5.41 Å². The molecule has 2 atom stereocenters. The van der Waals surface area contributed by atoms with Gasteiger partial charge in [-0.25, -0.2) is 9.18 Å². The first-order chi connectivity index (χ1) is 8.81. The van der Waals surface area contributed by atoms with Gasteiger partial charge >= 0.3 is 6.09 Å². The van der Waals surface area contributed by atoms with E-state index in [4.69, 9.17) is 4.74 Å². The van der Waals surface area contributed by atoms with E-state index in [9.17, 15) is 9.18 Å². The van der Waals surface area contributed by atoms with Gasteiger partial charge in [0.05, 0.1) is 0 Å². The van der Waals surface area contributed by atoms with E-state index in [1.165, 1.54) is 0 Å². The molecule has 0 aromatic heterocycles. The summed E-state index contributed by atoms with van der Waals surface area (Å²) in [5, 5.41) is 6.19. The Kier molecular flexibility index (Phi) is 4.04. The van der Waals surface area contributed by atoms with Crippen molar-refractivity contribution >= 4 is 6.09 Å². The van der Waals surface area contributed by atoms with Crippen LogP contribution in [0.25, 0.3) is 0 Å². The number of hydrogen-bond donors (Lipinski definition) is 2. The van der Waals surface area contributed by atoms with Crippen LogP contribution in [-0.2, 0) is 4.74 Å². The van der Waals surface area contributed by atoms with Crippen molar-refractivity contribution in [3.63, 3.8) is 0 Å². The molecule has 1 heterocycles. The quantitative estimate of drug-likeness (QED) is 0.770. The third kappa shape index (κ3) is 3.59. The lowest BCUT2D eigenvalue weighted by molar-refractivity contribution is 0.0437. The zero-order valence-corrected chi connectivity index (χ0v) is 12.1. The summed E-state index contributed by atoms with van der Waals surface area (Å²) in [6, 6.07) is -0.0977. The van der Waals surface area contributed by atoms with Crippen LogP contribution in [0.15, 0.2) is 0 Å². The van der Waals surface area contributed by atoms with Gasteiger partial charge in [0.25, 0.3) is 0 Å². The summed E-state index contributed by atoms with van der Waals surface area (Å²) in [6.45, 7) is 7.30. The van der Waals surface area contributed by atoms with Gasteiger partial charge in [0.2, 0.25) is 0 Å². The summed E-state index contributed by atoms with van der Waals surface area (Å²) in [5.74, 6) is 0. The lowest BCUT2D eigenvalue weighted by Crippen LogP contribution is -2.50. The van der Waals surface area contributed by atoms with E-state index < -0.39 is 17.9 Å². The van der Waals surface area contributed by atoms with Crippen molar-refractivity contribution in [3.05, 3.63) is 0 Å². The minimum Gasteiger partial charge on any atom is -0.444 e. The number of rotatable bonds is 1. The van der Waals surface area contributed by atoms with Crippen molar-refractivity contribution in [2.75, 3.05) is 13.1 Å². The zero-order chi connectivity index (χ0) is 14.1. The Bertz CT molecular complexity index is 335. The highest BCUT2D eigenvalue weighted by Crippen LogP contribution is 2.46. The van der Waals surface area contributed by atoms with E-state index in [-0.39, 0.29) is 11.5 Å². The Morgan fingerprint density at radius 3 is 2.58 bits per heavy atom. The monoisotopic (exact) mass is 272 g/mol. The number of alkyl halides is 1. The topological polar surface area (TPSA) is 50.4 Å². The Morgan fingerprint density at radius 1 is 1.37 bits per heavy atom. The number of hydrogen-bond acceptors (Lipinski definition) is 3. The molecule has 0 aromatic carbocycles. The van der Waals surface area contributed by atoms with Gasteiger partial charge in [0, 0.05) is 6.04 Å². The van der Waals surface area contributed by atoms with Crippen LogP contribution in [0.3, 0.4) is 0 Å². The minimum absolute atomic E-state index is 0.0818. The Morgan fingerprint density at radius 2 is 2.00 bits per heavy atom. The summed E-state index contributed by atoms with van der Waals surface area (Å²) < 4.78 is 19.1. The predicted octanol–water partition coefficient (Wildman–Crippen LogP) is 2.38. The minimum atomic E-state index is -0.807. The molecule has 1 saturated carbocycles. The van der Waals surface area contributed by atoms with Crippen molar-refractivity contribution in [2.45, 2.75) is 64.3 Å². The molecule has 1 spiro atoms. The highest BCUT2D eigenvalue weighted by Gasteiger charge is 2.48. The maximum absolute atomic E-state index is 13.8. The first-order valence-corrected chi connectivity index (χ1v) is 7.15. The summed E-state index contributed by atoms with van der Waals surface area (Å²) in [4.78, 5) is 11.9. The Hall–Kier alpha value is -0.840. The number of carbonyl (C=O) groups is 1. The number of alkyl carbamates (subject to hydrolysis) is 1. The normalized spacial score (nSPS) is 30.3. The van der Waals surface area contributed by atoms with Crippen LogP contribution >= 0.6 is 0 Å². The maximum Gasteiger partial charge on any atom is 0.407 e. The van der Waals surface area contributed by atoms with Crippen molar-refractivity contribution in [1.82, 2.24) is 10.6 Å². The third-order valence-corrected chi connectivity index (χ3v) is 4.15. The van der Waals surface area contributed by atoms with Crippen molar-refractivity contribution in [3.8, 4) is 0 Å². The van der Waals surface area contributed by atoms with Gasteiger partial charge in [-0.05, 0) is 65.0 Å². The largest absolute Gasteiger partial charge is 0.444 e. The highest BCUT2D eigenvalue weighted by molar-refractivity contribution is 5.68. The first kappa shape index (κ1) is 14.6. The second kappa shape index (κ2) is 5.27. The van der Waals surface area contributed by atoms with Crippen LogP contribution in [0, 0.1) is 5.41 Å². The molecule has 1 saturated heterocycles. The van der Waals surface area contributed by atoms with Gasteiger partial charge in [0.15, 0.2) is 0 Å². The lowest BCUT2D eigenvalue weighted by Gasteiger charge is -2.39. The molecule has 19 heavy (non-hydrogen) atoms. The molecule has 1 aliphatic carbocycles.